The Hall–Kier alpha value is -3.17. The summed E-state index contributed by atoms with van der Waals surface area (Å²) in [6.45, 7) is 6.86. The number of rotatable bonds is 8. The zero-order chi connectivity index (χ0) is 24.0. The van der Waals surface area contributed by atoms with Crippen LogP contribution in [0, 0.1) is 11.8 Å². The Morgan fingerprint density at radius 3 is 2.42 bits per heavy atom. The highest BCUT2D eigenvalue weighted by Gasteiger charge is 2.33. The van der Waals surface area contributed by atoms with E-state index < -0.39 is 12.5 Å². The highest BCUT2D eigenvalue weighted by Crippen LogP contribution is 2.29. The Labute approximate surface area is 192 Å². The van der Waals surface area contributed by atoms with Crippen LogP contribution in [0.4, 0.5) is 20.4 Å². The number of hydrogen-bond donors (Lipinski definition) is 0. The van der Waals surface area contributed by atoms with Crippen molar-refractivity contribution in [3.8, 4) is 5.88 Å². The molecular formula is C23H29F2N5O3. The van der Waals surface area contributed by atoms with E-state index in [9.17, 15) is 13.6 Å². The Kier molecular flexibility index (Phi) is 7.88. The molecule has 8 nitrogen and oxygen atoms in total. The van der Waals surface area contributed by atoms with Crippen molar-refractivity contribution in [3.63, 3.8) is 0 Å². The Morgan fingerprint density at radius 1 is 1.15 bits per heavy atom. The number of anilines is 2. The van der Waals surface area contributed by atoms with Crippen molar-refractivity contribution in [3.05, 3.63) is 36.3 Å². The minimum absolute atomic E-state index is 0.0392. The zero-order valence-corrected chi connectivity index (χ0v) is 18.9. The smallest absolute Gasteiger partial charge is 0.278 e. The van der Waals surface area contributed by atoms with Gasteiger partial charge in [0.2, 0.25) is 17.7 Å². The molecule has 0 aliphatic carbocycles. The van der Waals surface area contributed by atoms with Crippen LogP contribution in [0.2, 0.25) is 0 Å². The van der Waals surface area contributed by atoms with Crippen LogP contribution >= 0.6 is 0 Å². The maximum atomic E-state index is 12.9. The third-order valence-corrected chi connectivity index (χ3v) is 5.82. The van der Waals surface area contributed by atoms with Gasteiger partial charge in [0.05, 0.1) is 18.1 Å². The van der Waals surface area contributed by atoms with Gasteiger partial charge >= 0.3 is 0 Å². The number of halogens is 2. The van der Waals surface area contributed by atoms with Crippen LogP contribution in [-0.2, 0) is 16.0 Å². The molecule has 2 aliphatic heterocycles. The summed E-state index contributed by atoms with van der Waals surface area (Å²) >= 11 is 0. The van der Waals surface area contributed by atoms with Crippen molar-refractivity contribution < 1.29 is 23.1 Å². The van der Waals surface area contributed by atoms with Gasteiger partial charge < -0.3 is 19.3 Å². The fourth-order valence-corrected chi connectivity index (χ4v) is 3.90. The molecule has 1 unspecified atom stereocenters. The van der Waals surface area contributed by atoms with Crippen molar-refractivity contribution in [1.29, 1.82) is 0 Å². The fraction of sp³-hybridized carbons (Fsp3) is 0.522. The largest absolute Gasteiger partial charge is 0.471 e. The Morgan fingerprint density at radius 2 is 1.85 bits per heavy atom. The maximum absolute atomic E-state index is 12.9. The third-order valence-electron chi connectivity index (χ3n) is 5.82. The molecule has 2 fully saturated rings. The highest BCUT2D eigenvalue weighted by atomic mass is 19.3. The van der Waals surface area contributed by atoms with Gasteiger partial charge in [-0.25, -0.2) is 23.7 Å². The molecule has 0 spiro atoms. The number of pyridine rings is 1. The van der Waals surface area contributed by atoms with Gasteiger partial charge in [-0.05, 0) is 30.7 Å². The molecular weight excluding hydrogens is 432 g/mol. The minimum atomic E-state index is -2.91. The first kappa shape index (κ1) is 24.5. The molecule has 2 aromatic rings. The Bertz CT molecular complexity index is 915. The van der Waals surface area contributed by atoms with Crippen molar-refractivity contribution >= 4 is 24.3 Å². The molecule has 2 aliphatic rings. The van der Waals surface area contributed by atoms with Crippen LogP contribution in [0.15, 0.2) is 30.7 Å². The second kappa shape index (κ2) is 10.6. The number of carbonyl (C=O) groups is 2. The predicted molar refractivity (Wildman–Crippen MR) is 120 cm³/mol. The van der Waals surface area contributed by atoms with Crippen LogP contribution in [0.5, 0.6) is 5.88 Å². The molecule has 2 aromatic heterocycles. The maximum Gasteiger partial charge on any atom is 0.278 e. The predicted octanol–water partition coefficient (Wildman–Crippen LogP) is 3.16. The second-order valence-corrected chi connectivity index (χ2v) is 8.46. The number of nitrogens with zero attached hydrogens (tertiary/aromatic N) is 5. The summed E-state index contributed by atoms with van der Waals surface area (Å²) < 4.78 is 30.8. The number of ether oxygens (including phenoxy) is 1. The molecule has 1 atom stereocenters. The number of amides is 1. The van der Waals surface area contributed by atoms with E-state index >= 15 is 0 Å². The first-order chi connectivity index (χ1) is 15.8. The molecule has 2 saturated heterocycles. The molecule has 0 aromatic carbocycles. The molecule has 0 saturated carbocycles. The van der Waals surface area contributed by atoms with Crippen molar-refractivity contribution in [2.45, 2.75) is 39.0 Å². The van der Waals surface area contributed by atoms with Gasteiger partial charge in [0, 0.05) is 44.7 Å². The van der Waals surface area contributed by atoms with Crippen molar-refractivity contribution in [2.75, 3.05) is 36.0 Å². The van der Waals surface area contributed by atoms with Crippen LogP contribution < -0.4 is 14.5 Å². The fourth-order valence-electron chi connectivity index (χ4n) is 3.90. The highest BCUT2D eigenvalue weighted by molar-refractivity contribution is 5.97. The summed E-state index contributed by atoms with van der Waals surface area (Å²) in [5.74, 6) is -1.45. The van der Waals surface area contributed by atoms with Gasteiger partial charge in [-0.2, -0.15) is 0 Å². The molecule has 0 bridgehead atoms. The first-order valence-electron chi connectivity index (χ1n) is 10.9. The first-order valence-corrected chi connectivity index (χ1v) is 10.9. The van der Waals surface area contributed by atoms with Gasteiger partial charge in [-0.3, -0.25) is 4.79 Å². The lowest BCUT2D eigenvalue weighted by atomic mass is 9.98. The average Bonchev–Trinajstić information content (AvgIpc) is 3.14. The summed E-state index contributed by atoms with van der Waals surface area (Å²) in [5.41, 5.74) is 1.58. The van der Waals surface area contributed by atoms with E-state index in [0.29, 0.717) is 30.5 Å². The lowest BCUT2D eigenvalue weighted by Gasteiger charge is -2.38. The minimum Gasteiger partial charge on any atom is -0.471 e. The summed E-state index contributed by atoms with van der Waals surface area (Å²) in [6, 6.07) is 3.32. The van der Waals surface area contributed by atoms with E-state index in [2.05, 4.69) is 26.8 Å². The van der Waals surface area contributed by atoms with Gasteiger partial charge in [0.15, 0.2) is 6.61 Å². The van der Waals surface area contributed by atoms with Gasteiger partial charge in [-0.1, -0.05) is 13.0 Å². The SMILES string of the molecule is C=O.CCC1CN(c2ncc(N3CCC(Cc4ccc(OCC(C)(F)F)nc4)C3=O)cn2)C1. The lowest BCUT2D eigenvalue weighted by molar-refractivity contribution is -0.120. The number of hydrogen-bond acceptors (Lipinski definition) is 7. The molecule has 1 amide bonds. The van der Waals surface area contributed by atoms with E-state index in [1.807, 2.05) is 6.79 Å². The molecule has 33 heavy (non-hydrogen) atoms. The van der Waals surface area contributed by atoms with Crippen LogP contribution in [-0.4, -0.2) is 59.8 Å². The summed E-state index contributed by atoms with van der Waals surface area (Å²) in [6.07, 6.45) is 7.45. The number of alkyl halides is 2. The normalized spacial score (nSPS) is 18.5. The molecule has 4 rings (SSSR count). The molecule has 4 heterocycles. The quantitative estimate of drug-likeness (QED) is 0.597. The standard InChI is InChI=1S/C22H27F2N5O2.CH2O/c1-3-15-12-28(13-15)21-26-10-18(11-27-21)29-7-6-17(20(29)30)8-16-4-5-19(25-9-16)31-14-22(2,23)24;1-2/h4-5,9-11,15,17H,3,6-8,12-14H2,1-2H3;1H2. The van der Waals surface area contributed by atoms with Crippen molar-refractivity contribution in [1.82, 2.24) is 15.0 Å². The monoisotopic (exact) mass is 461 g/mol. The average molecular weight is 462 g/mol. The molecule has 178 valence electrons. The Balaban J connectivity index is 0.00000149. The zero-order valence-electron chi connectivity index (χ0n) is 18.9. The molecule has 0 radical (unpaired) electrons. The van der Waals surface area contributed by atoms with E-state index in [1.54, 1.807) is 35.6 Å². The van der Waals surface area contributed by atoms with Gasteiger partial charge in [-0.15, -0.1) is 0 Å². The number of carbonyl (C=O) groups excluding carboxylic acids is 2. The van der Waals surface area contributed by atoms with E-state index in [4.69, 9.17) is 9.53 Å². The van der Waals surface area contributed by atoms with E-state index in [0.717, 1.165) is 38.4 Å². The number of aromatic nitrogens is 3. The van der Waals surface area contributed by atoms with E-state index in [1.165, 1.54) is 0 Å². The molecule has 0 N–H and O–H groups in total. The van der Waals surface area contributed by atoms with Crippen LogP contribution in [0.1, 0.15) is 32.3 Å². The van der Waals surface area contributed by atoms with Crippen LogP contribution in [0.3, 0.4) is 0 Å². The third kappa shape index (κ3) is 6.21. The summed E-state index contributed by atoms with van der Waals surface area (Å²) in [5, 5.41) is 0. The molecule has 10 heteroatoms. The summed E-state index contributed by atoms with van der Waals surface area (Å²) in [7, 11) is 0. The lowest BCUT2D eigenvalue weighted by Crippen LogP contribution is -2.47. The second-order valence-electron chi connectivity index (χ2n) is 8.46. The summed E-state index contributed by atoms with van der Waals surface area (Å²) in [4.78, 5) is 37.7. The van der Waals surface area contributed by atoms with Crippen molar-refractivity contribution in [2.24, 2.45) is 11.8 Å². The topological polar surface area (TPSA) is 88.5 Å². The van der Waals surface area contributed by atoms with Crippen LogP contribution in [0.25, 0.3) is 0 Å². The van der Waals surface area contributed by atoms with Gasteiger partial charge in [0.25, 0.3) is 5.92 Å². The van der Waals surface area contributed by atoms with Gasteiger partial charge in [0.1, 0.15) is 6.79 Å². The van der Waals surface area contributed by atoms with E-state index in [-0.39, 0.29) is 17.7 Å².